The fraction of sp³-hybridized carbons (Fsp3) is 0.409. The molecule has 1 aromatic heterocycles. The molecule has 4 rings (SSSR count). The Labute approximate surface area is 170 Å². The molecule has 2 aliphatic heterocycles. The van der Waals surface area contributed by atoms with Gasteiger partial charge in [-0.2, -0.15) is 0 Å². The van der Waals surface area contributed by atoms with Crippen molar-refractivity contribution in [3.63, 3.8) is 0 Å². The molecule has 0 spiro atoms. The first kappa shape index (κ1) is 19.4. The lowest BCUT2D eigenvalue weighted by atomic mass is 9.85. The van der Waals surface area contributed by atoms with E-state index < -0.39 is 5.60 Å². The van der Waals surface area contributed by atoms with Crippen LogP contribution < -0.4 is 10.2 Å². The molecule has 2 saturated heterocycles. The molecule has 1 aromatic carbocycles. The smallest absolute Gasteiger partial charge is 0.317 e. The van der Waals surface area contributed by atoms with Gasteiger partial charge in [0.25, 0.3) is 0 Å². The van der Waals surface area contributed by atoms with Crippen molar-refractivity contribution in [3.8, 4) is 0 Å². The number of urea groups is 1. The highest BCUT2D eigenvalue weighted by molar-refractivity contribution is 5.95. The Balaban J connectivity index is 1.26. The van der Waals surface area contributed by atoms with Crippen LogP contribution in [0.1, 0.15) is 24.8 Å². The zero-order valence-corrected chi connectivity index (χ0v) is 16.3. The van der Waals surface area contributed by atoms with Gasteiger partial charge in [0.15, 0.2) is 0 Å². The first-order valence-corrected chi connectivity index (χ1v) is 10.1. The number of benzene rings is 1. The van der Waals surface area contributed by atoms with E-state index in [4.69, 9.17) is 0 Å². The van der Waals surface area contributed by atoms with E-state index in [0.29, 0.717) is 45.4 Å². The van der Waals surface area contributed by atoms with Gasteiger partial charge in [-0.3, -0.25) is 9.78 Å². The van der Waals surface area contributed by atoms with Crippen LogP contribution in [0.25, 0.3) is 0 Å². The topological polar surface area (TPSA) is 85.8 Å². The molecular formula is C22H26N4O3. The molecule has 152 valence electrons. The second-order valence-corrected chi connectivity index (χ2v) is 7.86. The SMILES string of the molecule is O=C(NCC1CC(=O)N(c2ccccc2)C1)N1CCC(O)(c2cccnc2)CC1. The predicted octanol–water partition coefficient (Wildman–Crippen LogP) is 2.13. The lowest BCUT2D eigenvalue weighted by Gasteiger charge is -2.38. The number of hydrogen-bond donors (Lipinski definition) is 2. The molecule has 2 N–H and O–H groups in total. The van der Waals surface area contributed by atoms with Gasteiger partial charge in [-0.25, -0.2) is 4.79 Å². The lowest BCUT2D eigenvalue weighted by Crippen LogP contribution is -2.49. The number of piperidine rings is 1. The minimum absolute atomic E-state index is 0.0926. The van der Waals surface area contributed by atoms with E-state index in [2.05, 4.69) is 10.3 Å². The summed E-state index contributed by atoms with van der Waals surface area (Å²) in [6.07, 6.45) is 4.77. The zero-order valence-electron chi connectivity index (χ0n) is 16.3. The number of rotatable bonds is 4. The fourth-order valence-corrected chi connectivity index (χ4v) is 4.13. The maximum absolute atomic E-state index is 12.6. The summed E-state index contributed by atoms with van der Waals surface area (Å²) in [5.74, 6) is 0.193. The largest absolute Gasteiger partial charge is 0.385 e. The van der Waals surface area contributed by atoms with Crippen LogP contribution in [0.15, 0.2) is 54.9 Å². The summed E-state index contributed by atoms with van der Waals surface area (Å²) in [5, 5.41) is 13.8. The number of para-hydroxylation sites is 1. The summed E-state index contributed by atoms with van der Waals surface area (Å²) in [5.41, 5.74) is 0.765. The Morgan fingerprint density at radius 1 is 1.17 bits per heavy atom. The van der Waals surface area contributed by atoms with Crippen LogP contribution in [0, 0.1) is 5.92 Å². The van der Waals surface area contributed by atoms with Crippen molar-refractivity contribution in [1.82, 2.24) is 15.2 Å². The van der Waals surface area contributed by atoms with E-state index in [0.717, 1.165) is 11.3 Å². The fourth-order valence-electron chi connectivity index (χ4n) is 4.13. The second-order valence-electron chi connectivity index (χ2n) is 7.86. The van der Waals surface area contributed by atoms with Crippen molar-refractivity contribution in [3.05, 3.63) is 60.4 Å². The Hall–Kier alpha value is -2.93. The highest BCUT2D eigenvalue weighted by Crippen LogP contribution is 2.32. The molecule has 0 bridgehead atoms. The number of aliphatic hydroxyl groups is 1. The summed E-state index contributed by atoms with van der Waals surface area (Å²) in [6, 6.07) is 13.2. The van der Waals surface area contributed by atoms with Crippen LogP contribution in [0.3, 0.4) is 0 Å². The van der Waals surface area contributed by atoms with E-state index in [9.17, 15) is 14.7 Å². The number of pyridine rings is 1. The Kier molecular flexibility index (Phi) is 5.49. The summed E-state index contributed by atoms with van der Waals surface area (Å²) >= 11 is 0. The highest BCUT2D eigenvalue weighted by Gasteiger charge is 2.36. The Morgan fingerprint density at radius 2 is 1.93 bits per heavy atom. The van der Waals surface area contributed by atoms with Gasteiger partial charge < -0.3 is 20.2 Å². The summed E-state index contributed by atoms with van der Waals surface area (Å²) in [6.45, 7) is 2.05. The third kappa shape index (κ3) is 4.24. The number of likely N-dealkylation sites (tertiary alicyclic amines) is 1. The number of nitrogens with one attached hydrogen (secondary N) is 1. The minimum Gasteiger partial charge on any atom is -0.385 e. The zero-order chi connectivity index (χ0) is 20.3. The van der Waals surface area contributed by atoms with Crippen LogP contribution in [0.5, 0.6) is 0 Å². The number of carbonyl (C=O) groups is 2. The molecular weight excluding hydrogens is 368 g/mol. The Bertz CT molecular complexity index is 851. The first-order chi connectivity index (χ1) is 14.0. The van der Waals surface area contributed by atoms with Crippen molar-refractivity contribution >= 4 is 17.6 Å². The summed E-state index contributed by atoms with van der Waals surface area (Å²) < 4.78 is 0. The molecule has 0 radical (unpaired) electrons. The van der Waals surface area contributed by atoms with Gasteiger partial charge in [0.1, 0.15) is 0 Å². The Morgan fingerprint density at radius 3 is 2.62 bits per heavy atom. The molecule has 7 heteroatoms. The van der Waals surface area contributed by atoms with Crippen molar-refractivity contribution < 1.29 is 14.7 Å². The molecule has 2 aromatic rings. The van der Waals surface area contributed by atoms with Crippen LogP contribution in [-0.4, -0.2) is 53.1 Å². The number of amides is 3. The molecule has 3 heterocycles. The average Bonchev–Trinajstić information content (AvgIpc) is 3.14. The van der Waals surface area contributed by atoms with E-state index in [1.54, 1.807) is 22.2 Å². The van der Waals surface area contributed by atoms with Gasteiger partial charge in [0.05, 0.1) is 5.60 Å². The molecule has 2 fully saturated rings. The second kappa shape index (κ2) is 8.21. The average molecular weight is 394 g/mol. The maximum Gasteiger partial charge on any atom is 0.317 e. The van der Waals surface area contributed by atoms with Crippen molar-refractivity contribution in [2.45, 2.75) is 24.9 Å². The predicted molar refractivity (Wildman–Crippen MR) is 109 cm³/mol. The summed E-state index contributed by atoms with van der Waals surface area (Å²) in [7, 11) is 0. The molecule has 7 nitrogen and oxygen atoms in total. The van der Waals surface area contributed by atoms with Crippen LogP contribution >= 0.6 is 0 Å². The minimum atomic E-state index is -0.931. The number of anilines is 1. The number of carbonyl (C=O) groups excluding carboxylic acids is 2. The van der Waals surface area contributed by atoms with Crippen LogP contribution in [0.2, 0.25) is 0 Å². The molecule has 2 aliphatic rings. The van der Waals surface area contributed by atoms with E-state index in [1.807, 2.05) is 42.5 Å². The van der Waals surface area contributed by atoms with E-state index >= 15 is 0 Å². The van der Waals surface area contributed by atoms with Crippen molar-refractivity contribution in [2.24, 2.45) is 5.92 Å². The van der Waals surface area contributed by atoms with E-state index in [-0.39, 0.29) is 17.9 Å². The highest BCUT2D eigenvalue weighted by atomic mass is 16.3. The molecule has 0 aliphatic carbocycles. The van der Waals surface area contributed by atoms with Crippen LogP contribution in [0.4, 0.5) is 10.5 Å². The van der Waals surface area contributed by atoms with Gasteiger partial charge in [-0.05, 0) is 31.0 Å². The number of hydrogen-bond acceptors (Lipinski definition) is 4. The molecule has 3 amide bonds. The third-order valence-corrected chi connectivity index (χ3v) is 5.89. The van der Waals surface area contributed by atoms with E-state index in [1.165, 1.54) is 0 Å². The van der Waals surface area contributed by atoms with Gasteiger partial charge >= 0.3 is 6.03 Å². The van der Waals surface area contributed by atoms with Gasteiger partial charge in [0, 0.05) is 62.2 Å². The first-order valence-electron chi connectivity index (χ1n) is 10.1. The third-order valence-electron chi connectivity index (χ3n) is 5.89. The normalized spacial score (nSPS) is 21.3. The standard InChI is InChI=1S/C22H26N4O3/c27-20-13-17(16-26(20)19-6-2-1-3-7-19)14-24-21(28)25-11-8-22(29,9-12-25)18-5-4-10-23-15-18/h1-7,10,15,17,29H,8-9,11-14,16H2,(H,24,28). The van der Waals surface area contributed by atoms with Crippen molar-refractivity contribution in [1.29, 1.82) is 0 Å². The molecule has 29 heavy (non-hydrogen) atoms. The summed E-state index contributed by atoms with van der Waals surface area (Å²) in [4.78, 5) is 32.5. The van der Waals surface area contributed by atoms with Crippen molar-refractivity contribution in [2.75, 3.05) is 31.1 Å². The monoisotopic (exact) mass is 394 g/mol. The van der Waals surface area contributed by atoms with Gasteiger partial charge in [-0.15, -0.1) is 0 Å². The number of nitrogens with zero attached hydrogens (tertiary/aromatic N) is 3. The van der Waals surface area contributed by atoms with Gasteiger partial charge in [0.2, 0.25) is 5.91 Å². The molecule has 1 atom stereocenters. The molecule has 1 unspecified atom stereocenters. The lowest BCUT2D eigenvalue weighted by molar-refractivity contribution is -0.117. The van der Waals surface area contributed by atoms with Gasteiger partial charge in [-0.1, -0.05) is 24.3 Å². The van der Waals surface area contributed by atoms with Crippen LogP contribution in [-0.2, 0) is 10.4 Å². The quantitative estimate of drug-likeness (QED) is 0.832. The number of aromatic nitrogens is 1. The molecule has 0 saturated carbocycles. The maximum atomic E-state index is 12.6.